The highest BCUT2D eigenvalue weighted by Crippen LogP contribution is 2.18. The van der Waals surface area contributed by atoms with E-state index in [9.17, 15) is 19.8 Å². The van der Waals surface area contributed by atoms with E-state index < -0.39 is 12.1 Å². The summed E-state index contributed by atoms with van der Waals surface area (Å²) in [5.41, 5.74) is 0. The van der Waals surface area contributed by atoms with Crippen LogP contribution in [0.1, 0.15) is 386 Å². The normalized spacial score (nSPS) is 12.7. The number of allylic oxidation sites excluding steroid dienone is 5. The topological polar surface area (TPSA) is 95.9 Å². The third kappa shape index (κ3) is 63.3. The fourth-order valence-corrected chi connectivity index (χ4v) is 11.0. The summed E-state index contributed by atoms with van der Waals surface area (Å²) in [6.07, 6.45) is 86.6. The average Bonchev–Trinajstić information content (AvgIpc) is 3.44. The van der Waals surface area contributed by atoms with Gasteiger partial charge in [-0.15, -0.1) is 0 Å². The van der Waals surface area contributed by atoms with Crippen LogP contribution in [0.15, 0.2) is 36.5 Å². The van der Waals surface area contributed by atoms with Gasteiger partial charge in [0.1, 0.15) is 0 Å². The SMILES string of the molecule is CCCCCCCCCCCCCC/C=C/C(O)C(CO)NC(=O)CCCCCCCCCCCCCCCCCCC/C=C\C/C=C\CCCCCCCCCCCOC(=O)CCCCCCCCCCCCCCCC. The second-order valence-corrected chi connectivity index (χ2v) is 24.2. The highest BCUT2D eigenvalue weighted by molar-refractivity contribution is 5.76. The first kappa shape index (κ1) is 76.1. The number of hydrogen-bond donors (Lipinski definition) is 3. The van der Waals surface area contributed by atoms with Crippen LogP contribution in [0, 0.1) is 0 Å². The quantitative estimate of drug-likeness (QED) is 0.0320. The molecule has 0 aromatic rings. The van der Waals surface area contributed by atoms with Crippen molar-refractivity contribution in [2.45, 2.75) is 398 Å². The van der Waals surface area contributed by atoms with Crippen molar-refractivity contribution in [2.24, 2.45) is 0 Å². The van der Waals surface area contributed by atoms with E-state index in [1.54, 1.807) is 6.08 Å². The van der Waals surface area contributed by atoms with E-state index in [0.29, 0.717) is 19.4 Å². The van der Waals surface area contributed by atoms with Gasteiger partial charge in [0.05, 0.1) is 25.4 Å². The predicted octanol–water partition coefficient (Wildman–Crippen LogP) is 22.7. The lowest BCUT2D eigenvalue weighted by Gasteiger charge is -2.20. The highest BCUT2D eigenvalue weighted by atomic mass is 16.5. The van der Waals surface area contributed by atoms with Gasteiger partial charge in [-0.05, 0) is 64.2 Å². The number of carbonyl (C=O) groups excluding carboxylic acids is 2. The standard InChI is InChI=1S/C72H137NO5/c1-3-5-7-9-11-13-15-17-40-44-48-52-56-60-64-70(75)69(68-74)73-71(76)65-61-57-53-49-45-41-38-36-34-32-30-28-26-24-22-20-19-21-23-25-27-29-31-33-35-37-39-43-47-51-55-59-63-67-78-72(77)66-62-58-54-50-46-42-18-16-14-12-10-8-6-4-2/h23,25,29,31,60,64,69-70,74-75H,3-22,24,26-28,30,32-59,61-63,65-68H2,1-2H3,(H,73,76)/b25-23-,31-29-,64-60+. The van der Waals surface area contributed by atoms with Gasteiger partial charge in [-0.1, -0.05) is 346 Å². The Morgan fingerprint density at radius 1 is 0.359 bits per heavy atom. The Kier molecular flexibility index (Phi) is 65.9. The van der Waals surface area contributed by atoms with Crippen LogP contribution in [0.3, 0.4) is 0 Å². The second-order valence-electron chi connectivity index (χ2n) is 24.2. The van der Waals surface area contributed by atoms with Crippen LogP contribution in [0.2, 0.25) is 0 Å². The van der Waals surface area contributed by atoms with Gasteiger partial charge in [0.15, 0.2) is 0 Å². The van der Waals surface area contributed by atoms with E-state index in [4.69, 9.17) is 4.74 Å². The Morgan fingerprint density at radius 3 is 0.974 bits per heavy atom. The van der Waals surface area contributed by atoms with Gasteiger partial charge >= 0.3 is 5.97 Å². The number of carbonyl (C=O) groups is 2. The van der Waals surface area contributed by atoms with Crippen molar-refractivity contribution in [2.75, 3.05) is 13.2 Å². The third-order valence-electron chi connectivity index (χ3n) is 16.4. The molecule has 3 N–H and O–H groups in total. The van der Waals surface area contributed by atoms with Gasteiger partial charge in [0.25, 0.3) is 0 Å². The van der Waals surface area contributed by atoms with Crippen LogP contribution in [0.5, 0.6) is 0 Å². The van der Waals surface area contributed by atoms with E-state index in [1.165, 1.54) is 315 Å². The molecule has 1 amide bonds. The lowest BCUT2D eigenvalue weighted by molar-refractivity contribution is -0.143. The van der Waals surface area contributed by atoms with Crippen molar-refractivity contribution >= 4 is 11.9 Å². The Labute approximate surface area is 487 Å². The summed E-state index contributed by atoms with van der Waals surface area (Å²) in [4.78, 5) is 24.5. The number of esters is 1. The van der Waals surface area contributed by atoms with Gasteiger partial charge in [-0.25, -0.2) is 0 Å². The molecule has 78 heavy (non-hydrogen) atoms. The maximum atomic E-state index is 12.5. The first-order chi connectivity index (χ1) is 38.5. The summed E-state index contributed by atoms with van der Waals surface area (Å²) < 4.78 is 5.49. The molecule has 2 unspecified atom stereocenters. The van der Waals surface area contributed by atoms with Crippen molar-refractivity contribution in [3.63, 3.8) is 0 Å². The number of rotatable bonds is 66. The van der Waals surface area contributed by atoms with E-state index >= 15 is 0 Å². The molecule has 0 saturated carbocycles. The zero-order valence-corrected chi connectivity index (χ0v) is 52.7. The van der Waals surface area contributed by atoms with E-state index in [2.05, 4.69) is 43.5 Å². The number of unbranched alkanes of at least 4 members (excludes halogenated alkanes) is 51. The first-order valence-corrected chi connectivity index (χ1v) is 35.3. The number of amides is 1. The summed E-state index contributed by atoms with van der Waals surface area (Å²) in [5.74, 6) is -0.0479. The maximum Gasteiger partial charge on any atom is 0.305 e. The molecule has 0 aromatic carbocycles. The van der Waals surface area contributed by atoms with Gasteiger partial charge in [0.2, 0.25) is 5.91 Å². The minimum Gasteiger partial charge on any atom is -0.466 e. The van der Waals surface area contributed by atoms with Gasteiger partial charge in [-0.2, -0.15) is 0 Å². The minimum atomic E-state index is -0.843. The molecule has 6 heteroatoms. The third-order valence-corrected chi connectivity index (χ3v) is 16.4. The highest BCUT2D eigenvalue weighted by Gasteiger charge is 2.18. The average molecular weight is 1100 g/mol. The summed E-state index contributed by atoms with van der Waals surface area (Å²) in [6.45, 7) is 4.93. The zero-order valence-electron chi connectivity index (χ0n) is 52.7. The number of aliphatic hydroxyl groups excluding tert-OH is 2. The maximum absolute atomic E-state index is 12.5. The molecule has 0 rings (SSSR count). The Bertz CT molecular complexity index is 1260. The number of hydrogen-bond acceptors (Lipinski definition) is 5. The summed E-state index contributed by atoms with van der Waals surface area (Å²) >= 11 is 0. The Balaban J connectivity index is 3.38. The fourth-order valence-electron chi connectivity index (χ4n) is 11.0. The molecular formula is C72H137NO5. The number of aliphatic hydroxyl groups is 2. The van der Waals surface area contributed by atoms with Crippen LogP contribution >= 0.6 is 0 Å². The van der Waals surface area contributed by atoms with Crippen molar-refractivity contribution in [3.05, 3.63) is 36.5 Å². The molecule has 0 fully saturated rings. The molecule has 0 spiro atoms. The Hall–Kier alpha value is -1.92. The van der Waals surface area contributed by atoms with Crippen molar-refractivity contribution in [1.29, 1.82) is 0 Å². The smallest absolute Gasteiger partial charge is 0.305 e. The molecule has 0 aliphatic carbocycles. The lowest BCUT2D eigenvalue weighted by atomic mass is 10.0. The van der Waals surface area contributed by atoms with E-state index in [0.717, 1.165) is 44.9 Å². The van der Waals surface area contributed by atoms with Crippen LogP contribution in [0.25, 0.3) is 0 Å². The van der Waals surface area contributed by atoms with E-state index in [-0.39, 0.29) is 18.5 Å². The molecule has 0 aliphatic rings. The van der Waals surface area contributed by atoms with E-state index in [1.807, 2.05) is 6.08 Å². The molecule has 6 nitrogen and oxygen atoms in total. The zero-order chi connectivity index (χ0) is 56.4. The lowest BCUT2D eigenvalue weighted by Crippen LogP contribution is -2.45. The van der Waals surface area contributed by atoms with Crippen LogP contribution < -0.4 is 5.32 Å². The van der Waals surface area contributed by atoms with Crippen molar-refractivity contribution in [1.82, 2.24) is 5.32 Å². The summed E-state index contributed by atoms with van der Waals surface area (Å²) in [6, 6.07) is -0.626. The molecule has 0 saturated heterocycles. The number of ether oxygens (including phenoxy) is 1. The molecule has 0 heterocycles. The van der Waals surface area contributed by atoms with Crippen LogP contribution in [0.4, 0.5) is 0 Å². The largest absolute Gasteiger partial charge is 0.466 e. The summed E-state index contributed by atoms with van der Waals surface area (Å²) in [7, 11) is 0. The molecular weight excluding hydrogens is 959 g/mol. The monoisotopic (exact) mass is 1100 g/mol. The van der Waals surface area contributed by atoms with Crippen LogP contribution in [-0.2, 0) is 14.3 Å². The van der Waals surface area contributed by atoms with Crippen LogP contribution in [-0.4, -0.2) is 47.4 Å². The molecule has 2 atom stereocenters. The fraction of sp³-hybridized carbons (Fsp3) is 0.889. The molecule has 0 aromatic heterocycles. The van der Waals surface area contributed by atoms with Crippen molar-refractivity contribution < 1.29 is 24.5 Å². The molecule has 0 bridgehead atoms. The van der Waals surface area contributed by atoms with Gasteiger partial charge in [0, 0.05) is 12.8 Å². The van der Waals surface area contributed by atoms with Gasteiger partial charge in [-0.3, -0.25) is 9.59 Å². The molecule has 0 radical (unpaired) electrons. The number of nitrogens with one attached hydrogen (secondary N) is 1. The van der Waals surface area contributed by atoms with Crippen molar-refractivity contribution in [3.8, 4) is 0 Å². The predicted molar refractivity (Wildman–Crippen MR) is 343 cm³/mol. The Morgan fingerprint density at radius 2 is 0.641 bits per heavy atom. The minimum absolute atomic E-state index is 0.0165. The second kappa shape index (κ2) is 67.6. The summed E-state index contributed by atoms with van der Waals surface area (Å²) in [5, 5.41) is 23.1. The first-order valence-electron chi connectivity index (χ1n) is 35.3. The molecule has 460 valence electrons. The van der Waals surface area contributed by atoms with Gasteiger partial charge < -0.3 is 20.3 Å². The molecule has 0 aliphatic heterocycles.